The van der Waals surface area contributed by atoms with Crippen LogP contribution in [-0.2, 0) is 15.2 Å². The largest absolute Gasteiger partial charge is 0.495 e. The van der Waals surface area contributed by atoms with Crippen LogP contribution in [0.25, 0.3) is 0 Å². The summed E-state index contributed by atoms with van der Waals surface area (Å²) in [7, 11) is 1.47. The number of thiophene rings is 1. The fourth-order valence-electron chi connectivity index (χ4n) is 2.54. The van der Waals surface area contributed by atoms with Gasteiger partial charge in [0.05, 0.1) is 25.6 Å². The monoisotopic (exact) mass is 386 g/mol. The van der Waals surface area contributed by atoms with Gasteiger partial charge in [0.15, 0.2) is 5.60 Å². The van der Waals surface area contributed by atoms with Crippen molar-refractivity contribution < 1.29 is 23.8 Å². The van der Waals surface area contributed by atoms with Crippen LogP contribution in [-0.4, -0.2) is 30.6 Å². The summed E-state index contributed by atoms with van der Waals surface area (Å²) in [5.41, 5.74) is -1.20. The number of methoxy groups -OCH3 is 1. The molecule has 0 aliphatic carbocycles. The van der Waals surface area contributed by atoms with E-state index in [1.807, 2.05) is 0 Å². The third-order valence-electron chi connectivity index (χ3n) is 3.92. The number of ether oxygens (including phenoxy) is 1. The highest BCUT2D eigenvalue weighted by molar-refractivity contribution is 7.10. The first kappa shape index (κ1) is 18.7. The summed E-state index contributed by atoms with van der Waals surface area (Å²) in [5.74, 6) is -1.05. The third kappa shape index (κ3) is 4.02. The number of hydrogen-bond donors (Lipinski definition) is 3. The van der Waals surface area contributed by atoms with Gasteiger partial charge in [-0.1, -0.05) is 18.2 Å². The van der Waals surface area contributed by atoms with E-state index in [2.05, 4.69) is 10.6 Å². The number of para-hydroxylation sites is 2. The van der Waals surface area contributed by atoms with Crippen molar-refractivity contribution in [2.24, 2.45) is 0 Å². The minimum atomic E-state index is -1.57. The molecule has 3 rings (SSSR count). The molecule has 0 saturated heterocycles. The van der Waals surface area contributed by atoms with Gasteiger partial charge in [-0.3, -0.25) is 9.59 Å². The maximum absolute atomic E-state index is 12.2. The van der Waals surface area contributed by atoms with Crippen LogP contribution in [0.15, 0.2) is 64.6 Å². The first-order valence-corrected chi connectivity index (χ1v) is 8.95. The van der Waals surface area contributed by atoms with E-state index < -0.39 is 17.4 Å². The molecular weight excluding hydrogens is 368 g/mol. The predicted octanol–water partition coefficient (Wildman–Crippen LogP) is 2.34. The summed E-state index contributed by atoms with van der Waals surface area (Å²) in [6.07, 6.45) is 1.43. The van der Waals surface area contributed by atoms with Gasteiger partial charge >= 0.3 is 11.8 Å². The van der Waals surface area contributed by atoms with Crippen LogP contribution in [0, 0.1) is 0 Å². The molecule has 0 bridgehead atoms. The predicted molar refractivity (Wildman–Crippen MR) is 101 cm³/mol. The van der Waals surface area contributed by atoms with E-state index in [-0.39, 0.29) is 12.3 Å². The lowest BCUT2D eigenvalue weighted by molar-refractivity contribution is -0.136. The lowest BCUT2D eigenvalue weighted by Crippen LogP contribution is -2.44. The molecule has 0 spiro atoms. The molecule has 1 atom stereocenters. The minimum Gasteiger partial charge on any atom is -0.495 e. The number of amides is 2. The SMILES string of the molecule is COc1ccccc1NC(=O)C(=O)NCC(O)(c1ccco1)c1cccs1. The molecule has 0 aliphatic heterocycles. The Morgan fingerprint density at radius 2 is 1.96 bits per heavy atom. The molecule has 1 unspecified atom stereocenters. The van der Waals surface area contributed by atoms with E-state index in [0.29, 0.717) is 16.3 Å². The van der Waals surface area contributed by atoms with Gasteiger partial charge in [-0.05, 0) is 35.7 Å². The van der Waals surface area contributed by atoms with Crippen molar-refractivity contribution in [3.05, 3.63) is 70.8 Å². The zero-order chi connectivity index (χ0) is 19.3. The lowest BCUT2D eigenvalue weighted by Gasteiger charge is -2.25. The number of benzene rings is 1. The smallest absolute Gasteiger partial charge is 0.313 e. The summed E-state index contributed by atoms with van der Waals surface area (Å²) in [4.78, 5) is 25.0. The van der Waals surface area contributed by atoms with E-state index in [1.54, 1.807) is 53.9 Å². The maximum atomic E-state index is 12.2. The zero-order valence-electron chi connectivity index (χ0n) is 14.5. The molecule has 8 heteroatoms. The third-order valence-corrected chi connectivity index (χ3v) is 4.94. The topological polar surface area (TPSA) is 101 Å². The summed E-state index contributed by atoms with van der Waals surface area (Å²) in [5, 5.41) is 17.8. The number of nitrogens with one attached hydrogen (secondary N) is 2. The molecule has 140 valence electrons. The average Bonchev–Trinajstić information content (AvgIpc) is 3.40. The number of carbonyl (C=O) groups excluding carboxylic acids is 2. The number of carbonyl (C=O) groups is 2. The number of hydrogen-bond acceptors (Lipinski definition) is 6. The Balaban J connectivity index is 1.70. The molecule has 2 heterocycles. The molecule has 1 aromatic carbocycles. The van der Waals surface area contributed by atoms with Gasteiger partial charge in [0.25, 0.3) is 0 Å². The van der Waals surface area contributed by atoms with E-state index in [0.717, 1.165) is 0 Å². The first-order chi connectivity index (χ1) is 13.0. The van der Waals surface area contributed by atoms with Crippen molar-refractivity contribution in [3.8, 4) is 5.75 Å². The van der Waals surface area contributed by atoms with Crippen molar-refractivity contribution >= 4 is 28.8 Å². The zero-order valence-corrected chi connectivity index (χ0v) is 15.3. The van der Waals surface area contributed by atoms with Crippen molar-refractivity contribution in [3.63, 3.8) is 0 Å². The van der Waals surface area contributed by atoms with Crippen LogP contribution in [0.2, 0.25) is 0 Å². The second-order valence-electron chi connectivity index (χ2n) is 5.65. The second kappa shape index (κ2) is 8.07. The molecule has 7 nitrogen and oxygen atoms in total. The average molecular weight is 386 g/mol. The molecule has 3 aromatic rings. The van der Waals surface area contributed by atoms with Crippen LogP contribution in [0.3, 0.4) is 0 Å². The van der Waals surface area contributed by atoms with E-state index >= 15 is 0 Å². The van der Waals surface area contributed by atoms with Crippen molar-refractivity contribution in [2.45, 2.75) is 5.60 Å². The molecular formula is C19H18N2O5S. The minimum absolute atomic E-state index is 0.223. The molecule has 0 saturated carbocycles. The normalized spacial score (nSPS) is 12.8. The van der Waals surface area contributed by atoms with Gasteiger partial charge in [0.2, 0.25) is 0 Å². The maximum Gasteiger partial charge on any atom is 0.313 e. The van der Waals surface area contributed by atoms with Crippen molar-refractivity contribution in [1.82, 2.24) is 5.32 Å². The van der Waals surface area contributed by atoms with Crippen LogP contribution in [0.1, 0.15) is 10.6 Å². The molecule has 27 heavy (non-hydrogen) atoms. The van der Waals surface area contributed by atoms with Crippen LogP contribution in [0.4, 0.5) is 5.69 Å². The Morgan fingerprint density at radius 1 is 1.15 bits per heavy atom. The van der Waals surface area contributed by atoms with Crippen molar-refractivity contribution in [2.75, 3.05) is 19.0 Å². The van der Waals surface area contributed by atoms with Gasteiger partial charge in [-0.2, -0.15) is 0 Å². The van der Waals surface area contributed by atoms with E-state index in [1.165, 1.54) is 24.7 Å². The second-order valence-corrected chi connectivity index (χ2v) is 6.60. The highest BCUT2D eigenvalue weighted by Crippen LogP contribution is 2.32. The van der Waals surface area contributed by atoms with Gasteiger partial charge in [-0.15, -0.1) is 11.3 Å². The molecule has 0 radical (unpaired) electrons. The Kier molecular flexibility index (Phi) is 5.58. The number of anilines is 1. The Labute approximate surface area is 159 Å². The van der Waals surface area contributed by atoms with Crippen LogP contribution >= 0.6 is 11.3 Å². The quantitative estimate of drug-likeness (QED) is 0.565. The number of rotatable bonds is 6. The highest BCUT2D eigenvalue weighted by atomic mass is 32.1. The Morgan fingerprint density at radius 3 is 2.63 bits per heavy atom. The summed E-state index contributed by atoms with van der Waals surface area (Å²) in [6, 6.07) is 13.5. The highest BCUT2D eigenvalue weighted by Gasteiger charge is 2.36. The molecule has 0 fully saturated rings. The standard InChI is InChI=1S/C19H18N2O5S/c1-25-14-7-3-2-6-13(14)21-18(23)17(22)20-12-19(24,15-8-4-10-26-15)16-9-5-11-27-16/h2-11,24H,12H2,1H3,(H,20,22)(H,21,23). The van der Waals surface area contributed by atoms with E-state index in [4.69, 9.17) is 9.15 Å². The Hall–Kier alpha value is -3.10. The molecule has 2 amide bonds. The van der Waals surface area contributed by atoms with Gasteiger partial charge in [0.1, 0.15) is 11.5 Å². The molecule has 2 aromatic heterocycles. The van der Waals surface area contributed by atoms with E-state index in [9.17, 15) is 14.7 Å². The summed E-state index contributed by atoms with van der Waals surface area (Å²) >= 11 is 1.32. The number of furan rings is 1. The lowest BCUT2D eigenvalue weighted by atomic mass is 9.98. The number of aliphatic hydroxyl groups is 1. The Bertz CT molecular complexity index is 872. The fourth-order valence-corrected chi connectivity index (χ4v) is 3.37. The van der Waals surface area contributed by atoms with Gasteiger partial charge in [-0.25, -0.2) is 0 Å². The summed E-state index contributed by atoms with van der Waals surface area (Å²) < 4.78 is 10.5. The summed E-state index contributed by atoms with van der Waals surface area (Å²) in [6.45, 7) is -0.223. The van der Waals surface area contributed by atoms with Gasteiger partial charge < -0.3 is 24.9 Å². The molecule has 0 aliphatic rings. The fraction of sp³-hybridized carbons (Fsp3) is 0.158. The van der Waals surface area contributed by atoms with Crippen LogP contribution < -0.4 is 15.4 Å². The van der Waals surface area contributed by atoms with Crippen LogP contribution in [0.5, 0.6) is 5.75 Å². The van der Waals surface area contributed by atoms with Gasteiger partial charge in [0, 0.05) is 4.88 Å². The first-order valence-electron chi connectivity index (χ1n) is 8.07. The van der Waals surface area contributed by atoms with Crippen molar-refractivity contribution in [1.29, 1.82) is 0 Å². The molecule has 3 N–H and O–H groups in total.